The second-order valence-electron chi connectivity index (χ2n) is 13.7. The van der Waals surface area contributed by atoms with Crippen molar-refractivity contribution in [3.05, 3.63) is 41.2 Å². The number of carbonyl (C=O) groups is 5. The van der Waals surface area contributed by atoms with Crippen molar-refractivity contribution in [2.45, 2.75) is 83.3 Å². The molecule has 9 unspecified atom stereocenters. The number of esters is 4. The number of hydrogen-bond donors (Lipinski definition) is 3. The summed E-state index contributed by atoms with van der Waals surface area (Å²) in [6.07, 6.45) is 0.557. The van der Waals surface area contributed by atoms with Crippen LogP contribution in [0.5, 0.6) is 0 Å². The minimum absolute atomic E-state index is 0.104. The summed E-state index contributed by atoms with van der Waals surface area (Å²) in [5.74, 6) is -6.06. The van der Waals surface area contributed by atoms with Gasteiger partial charge < -0.3 is 39.5 Å². The molecule has 10 atom stereocenters. The zero-order valence-electron chi connectivity index (χ0n) is 26.4. The number of ether oxygens (including phenoxy) is 5. The van der Waals surface area contributed by atoms with Crippen LogP contribution in [0.3, 0.4) is 0 Å². The molecule has 14 heteroatoms. The molecule has 3 heterocycles. The Hall–Kier alpha value is -3.88. The minimum Gasteiger partial charge on any atom is -0.467 e. The molecular formula is C32H39N3O11. The summed E-state index contributed by atoms with van der Waals surface area (Å²) in [6.45, 7) is 6.85. The molecule has 2 aliphatic heterocycles. The number of nitrogens with one attached hydrogen (secondary N) is 1. The van der Waals surface area contributed by atoms with Crippen LogP contribution in [0.2, 0.25) is 0 Å². The molecule has 1 aromatic heterocycles. The van der Waals surface area contributed by atoms with E-state index in [1.165, 1.54) is 25.7 Å². The van der Waals surface area contributed by atoms with Gasteiger partial charge in [-0.25, -0.2) is 24.2 Å². The van der Waals surface area contributed by atoms with Crippen LogP contribution < -0.4 is 5.73 Å². The fourth-order valence-electron chi connectivity index (χ4n) is 9.31. The van der Waals surface area contributed by atoms with Crippen molar-refractivity contribution >= 4 is 29.7 Å². The smallest absolute Gasteiger partial charge is 0.348 e. The maximum atomic E-state index is 13.8. The number of hydrogen-bond acceptors (Lipinski definition) is 13. The lowest BCUT2D eigenvalue weighted by Gasteiger charge is -2.66. The van der Waals surface area contributed by atoms with Gasteiger partial charge in [0.25, 0.3) is 0 Å². The van der Waals surface area contributed by atoms with E-state index in [2.05, 4.69) is 9.97 Å². The summed E-state index contributed by atoms with van der Waals surface area (Å²) in [4.78, 5) is 73.6. The largest absolute Gasteiger partial charge is 0.467 e. The van der Waals surface area contributed by atoms with Gasteiger partial charge >= 0.3 is 23.9 Å². The molecule has 6 rings (SSSR count). The topological polar surface area (TPSA) is 206 Å². The van der Waals surface area contributed by atoms with Crippen molar-refractivity contribution < 1.29 is 52.8 Å². The number of nitrogens with two attached hydrogens (primary N) is 1. The predicted octanol–water partition coefficient (Wildman–Crippen LogP) is 0.825. The average Bonchev–Trinajstić information content (AvgIpc) is 3.57. The Balaban J connectivity index is 1.40. The Morgan fingerprint density at radius 2 is 2.00 bits per heavy atom. The molecule has 1 aromatic rings. The number of H-pyrrole nitrogens is 1. The first-order valence-electron chi connectivity index (χ1n) is 15.3. The molecule has 5 aliphatic rings. The van der Waals surface area contributed by atoms with E-state index in [1.54, 1.807) is 20.8 Å². The first-order valence-corrected chi connectivity index (χ1v) is 15.3. The summed E-state index contributed by atoms with van der Waals surface area (Å²) >= 11 is 0. The average molecular weight is 642 g/mol. The Kier molecular flexibility index (Phi) is 7.76. The lowest BCUT2D eigenvalue weighted by atomic mass is 9.38. The number of rotatable bonds is 7. The summed E-state index contributed by atoms with van der Waals surface area (Å²) < 4.78 is 28.8. The van der Waals surface area contributed by atoms with Gasteiger partial charge in [0.15, 0.2) is 17.1 Å². The number of fused-ring (bicyclic) bond motifs is 2. The van der Waals surface area contributed by atoms with Crippen molar-refractivity contribution in [2.75, 3.05) is 13.7 Å². The van der Waals surface area contributed by atoms with Crippen LogP contribution in [-0.4, -0.2) is 88.4 Å². The van der Waals surface area contributed by atoms with E-state index < -0.39 is 88.2 Å². The van der Waals surface area contributed by atoms with Gasteiger partial charge in [0.2, 0.25) is 6.10 Å². The number of aliphatic hydroxyl groups is 1. The van der Waals surface area contributed by atoms with Crippen LogP contribution in [0, 0.1) is 28.6 Å². The number of imidazole rings is 1. The summed E-state index contributed by atoms with van der Waals surface area (Å²) in [7, 11) is 1.18. The number of carbonyl (C=O) groups excluding carboxylic acids is 5. The van der Waals surface area contributed by atoms with Crippen molar-refractivity contribution in [2.24, 2.45) is 34.3 Å². The maximum Gasteiger partial charge on any atom is 0.348 e. The molecule has 2 saturated heterocycles. The number of aromatic nitrogens is 2. The van der Waals surface area contributed by atoms with Crippen LogP contribution in [0.15, 0.2) is 35.5 Å². The quantitative estimate of drug-likeness (QED) is 0.214. The molecule has 4 fully saturated rings. The van der Waals surface area contributed by atoms with Gasteiger partial charge in [-0.3, -0.25) is 4.79 Å². The maximum absolute atomic E-state index is 13.8. The van der Waals surface area contributed by atoms with E-state index in [0.29, 0.717) is 16.8 Å². The number of aromatic amines is 1. The lowest BCUT2D eigenvalue weighted by molar-refractivity contribution is -0.269. The van der Waals surface area contributed by atoms with Crippen molar-refractivity contribution in [1.29, 1.82) is 0 Å². The fourth-order valence-corrected chi connectivity index (χ4v) is 9.31. The van der Waals surface area contributed by atoms with Crippen molar-refractivity contribution in [1.82, 2.24) is 9.97 Å². The van der Waals surface area contributed by atoms with Gasteiger partial charge in [-0.15, -0.1) is 0 Å². The highest BCUT2D eigenvalue weighted by atomic mass is 16.6. The zero-order valence-corrected chi connectivity index (χ0v) is 26.4. The second kappa shape index (κ2) is 11.1. The van der Waals surface area contributed by atoms with E-state index >= 15 is 0 Å². The molecule has 248 valence electrons. The normalized spacial score (nSPS) is 38.2. The Labute approximate surface area is 265 Å². The third-order valence-electron chi connectivity index (χ3n) is 10.8. The molecule has 1 spiro atoms. The third-order valence-corrected chi connectivity index (χ3v) is 10.8. The number of Topliss-reactive ketones (excluding diaryl/α,β-unsaturated/α-hetero) is 1. The number of ketones is 1. The van der Waals surface area contributed by atoms with Gasteiger partial charge in [-0.2, -0.15) is 0 Å². The molecule has 0 aromatic carbocycles. The lowest BCUT2D eigenvalue weighted by Crippen LogP contribution is -2.75. The minimum atomic E-state index is -1.80. The first kappa shape index (κ1) is 32.1. The highest BCUT2D eigenvalue weighted by Gasteiger charge is 2.82. The summed E-state index contributed by atoms with van der Waals surface area (Å²) in [5.41, 5.74) is 3.87. The van der Waals surface area contributed by atoms with Gasteiger partial charge in [0, 0.05) is 48.6 Å². The standard InChI is InChI=1S/C32H39N3O11/c1-14(2)6-22(38)45-24-26-31-12-43-32(26,29(41)42-5)10-20(37)25(31)30(4)9-19(36)23(15(3)17(30)8-21(31)44-28(24)40)46-27(39)18(33)7-16-11-34-13-35-16/h6,11,13,17-18,20-21,24-26,37H,7-10,12,33H2,1-5H3,(H,34,35)/t17?,18?,20?,21?,24?,25?,26?,30?,31?,32-/m1/s1. The first-order chi connectivity index (χ1) is 21.7. The molecule has 46 heavy (non-hydrogen) atoms. The van der Waals surface area contributed by atoms with E-state index in [-0.39, 0.29) is 38.0 Å². The molecule has 4 N–H and O–H groups in total. The Morgan fingerprint density at radius 1 is 1.26 bits per heavy atom. The fraction of sp³-hybridized carbons (Fsp3) is 0.625. The molecule has 2 saturated carbocycles. The third kappa shape index (κ3) is 4.55. The molecule has 14 nitrogen and oxygen atoms in total. The molecular weight excluding hydrogens is 602 g/mol. The van der Waals surface area contributed by atoms with Gasteiger partial charge in [0.05, 0.1) is 32.1 Å². The molecule has 2 bridgehead atoms. The molecule has 3 aliphatic carbocycles. The SMILES string of the molecule is COC(=O)[C@@]12CC(O)C3C4(C)CC(=O)C(OC(=O)C(N)Cc5cnc[nH]5)=C(C)C4CC4OC(=O)C(OC(=O)C=C(C)C)C1C43CO2. The van der Waals surface area contributed by atoms with Crippen molar-refractivity contribution in [3.8, 4) is 0 Å². The highest BCUT2D eigenvalue weighted by molar-refractivity contribution is 5.98. The molecule has 0 amide bonds. The van der Waals surface area contributed by atoms with Gasteiger partial charge in [-0.05, 0) is 44.1 Å². The monoisotopic (exact) mass is 641 g/mol. The van der Waals surface area contributed by atoms with E-state index in [0.717, 1.165) is 0 Å². The van der Waals surface area contributed by atoms with Crippen LogP contribution in [0.1, 0.15) is 52.7 Å². The van der Waals surface area contributed by atoms with Gasteiger partial charge in [0.1, 0.15) is 12.1 Å². The number of methoxy groups -OCH3 is 1. The van der Waals surface area contributed by atoms with Crippen LogP contribution >= 0.6 is 0 Å². The predicted molar refractivity (Wildman–Crippen MR) is 155 cm³/mol. The zero-order chi connectivity index (χ0) is 33.3. The number of nitrogens with zero attached hydrogens (tertiary/aromatic N) is 1. The summed E-state index contributed by atoms with van der Waals surface area (Å²) in [5, 5.41) is 11.9. The Bertz CT molecular complexity index is 1550. The van der Waals surface area contributed by atoms with E-state index in [1.807, 2.05) is 6.92 Å². The van der Waals surface area contributed by atoms with Crippen LogP contribution in [-0.2, 0) is 54.1 Å². The van der Waals surface area contributed by atoms with Gasteiger partial charge in [-0.1, -0.05) is 12.5 Å². The van der Waals surface area contributed by atoms with Crippen LogP contribution in [0.25, 0.3) is 0 Å². The highest BCUT2D eigenvalue weighted by Crippen LogP contribution is 2.72. The van der Waals surface area contributed by atoms with E-state index in [9.17, 15) is 29.1 Å². The number of aliphatic hydroxyl groups excluding tert-OH is 1. The number of allylic oxidation sites excluding steroid dienone is 3. The Morgan fingerprint density at radius 3 is 2.65 bits per heavy atom. The van der Waals surface area contributed by atoms with E-state index in [4.69, 9.17) is 29.4 Å². The summed E-state index contributed by atoms with van der Waals surface area (Å²) in [6, 6.07) is -1.07. The van der Waals surface area contributed by atoms with Crippen LogP contribution in [0.4, 0.5) is 0 Å². The second-order valence-corrected chi connectivity index (χ2v) is 13.7. The van der Waals surface area contributed by atoms with Crippen molar-refractivity contribution in [3.63, 3.8) is 0 Å². The molecule has 0 radical (unpaired) electrons.